The van der Waals surface area contributed by atoms with Gasteiger partial charge in [0.15, 0.2) is 0 Å². The van der Waals surface area contributed by atoms with E-state index in [2.05, 4.69) is 6.92 Å². The first-order valence-corrected chi connectivity index (χ1v) is 3.62. The van der Waals surface area contributed by atoms with Crippen molar-refractivity contribution < 1.29 is 9.84 Å². The molecular weight excluding hydrogens is 116 g/mol. The van der Waals surface area contributed by atoms with Crippen molar-refractivity contribution in [2.75, 3.05) is 6.61 Å². The summed E-state index contributed by atoms with van der Waals surface area (Å²) in [5.74, 6) is 0. The molecule has 0 bridgehead atoms. The van der Waals surface area contributed by atoms with Crippen molar-refractivity contribution in [3.8, 4) is 0 Å². The van der Waals surface area contributed by atoms with Gasteiger partial charge in [0, 0.05) is 6.61 Å². The largest absolute Gasteiger partial charge is 0.393 e. The van der Waals surface area contributed by atoms with E-state index in [1.54, 1.807) is 0 Å². The Morgan fingerprint density at radius 3 is 2.89 bits per heavy atom. The molecular formula is C7H14O2. The van der Waals surface area contributed by atoms with Crippen LogP contribution in [0.5, 0.6) is 0 Å². The number of hydrogen-bond donors (Lipinski definition) is 1. The van der Waals surface area contributed by atoms with E-state index in [9.17, 15) is 0 Å². The van der Waals surface area contributed by atoms with E-state index < -0.39 is 0 Å². The number of rotatable bonds is 1. The Morgan fingerprint density at radius 2 is 2.44 bits per heavy atom. The summed E-state index contributed by atoms with van der Waals surface area (Å²) in [7, 11) is 0. The SMILES string of the molecule is CC[C@H]1C[C@@H](O)CCO1. The van der Waals surface area contributed by atoms with Crippen molar-refractivity contribution in [1.82, 2.24) is 0 Å². The fourth-order valence-corrected chi connectivity index (χ4v) is 1.14. The summed E-state index contributed by atoms with van der Waals surface area (Å²) in [6, 6.07) is 0. The zero-order chi connectivity index (χ0) is 6.69. The molecule has 0 amide bonds. The highest BCUT2D eigenvalue weighted by Gasteiger charge is 2.18. The van der Waals surface area contributed by atoms with Crippen LogP contribution in [-0.2, 0) is 4.74 Å². The van der Waals surface area contributed by atoms with Crippen LogP contribution in [0.4, 0.5) is 0 Å². The third-order valence-electron chi connectivity index (χ3n) is 1.79. The van der Waals surface area contributed by atoms with E-state index in [-0.39, 0.29) is 6.10 Å². The highest BCUT2D eigenvalue weighted by molar-refractivity contribution is 4.68. The van der Waals surface area contributed by atoms with E-state index in [4.69, 9.17) is 9.84 Å². The predicted molar refractivity (Wildman–Crippen MR) is 35.3 cm³/mol. The lowest BCUT2D eigenvalue weighted by molar-refractivity contribution is -0.0441. The lowest BCUT2D eigenvalue weighted by atomic mass is 10.0. The van der Waals surface area contributed by atoms with E-state index in [0.717, 1.165) is 25.9 Å². The molecule has 1 heterocycles. The van der Waals surface area contributed by atoms with Crippen LogP contribution >= 0.6 is 0 Å². The van der Waals surface area contributed by atoms with E-state index in [0.29, 0.717) is 6.10 Å². The monoisotopic (exact) mass is 130 g/mol. The van der Waals surface area contributed by atoms with Gasteiger partial charge >= 0.3 is 0 Å². The molecule has 0 aromatic heterocycles. The van der Waals surface area contributed by atoms with Gasteiger partial charge in [0.1, 0.15) is 0 Å². The molecule has 0 spiro atoms. The maximum absolute atomic E-state index is 9.13. The maximum atomic E-state index is 9.13. The maximum Gasteiger partial charge on any atom is 0.0597 e. The Hall–Kier alpha value is -0.0800. The van der Waals surface area contributed by atoms with E-state index >= 15 is 0 Å². The highest BCUT2D eigenvalue weighted by atomic mass is 16.5. The lowest BCUT2D eigenvalue weighted by Gasteiger charge is -2.25. The Morgan fingerprint density at radius 1 is 1.67 bits per heavy atom. The van der Waals surface area contributed by atoms with Crippen LogP contribution in [0, 0.1) is 0 Å². The van der Waals surface area contributed by atoms with Crippen molar-refractivity contribution in [3.63, 3.8) is 0 Å². The molecule has 9 heavy (non-hydrogen) atoms. The Kier molecular flexibility index (Phi) is 2.49. The fourth-order valence-electron chi connectivity index (χ4n) is 1.14. The lowest BCUT2D eigenvalue weighted by Crippen LogP contribution is -2.28. The molecule has 0 aliphatic carbocycles. The fraction of sp³-hybridized carbons (Fsp3) is 1.00. The zero-order valence-corrected chi connectivity index (χ0v) is 5.84. The van der Waals surface area contributed by atoms with E-state index in [1.165, 1.54) is 0 Å². The number of ether oxygens (including phenoxy) is 1. The smallest absolute Gasteiger partial charge is 0.0597 e. The summed E-state index contributed by atoms with van der Waals surface area (Å²) in [5, 5.41) is 9.13. The second kappa shape index (κ2) is 3.18. The van der Waals surface area contributed by atoms with Gasteiger partial charge in [0.25, 0.3) is 0 Å². The first kappa shape index (κ1) is 7.03. The minimum atomic E-state index is -0.108. The Bertz CT molecular complexity index is 83.0. The molecule has 54 valence electrons. The molecule has 0 radical (unpaired) electrons. The third-order valence-corrected chi connectivity index (χ3v) is 1.79. The molecule has 1 N–H and O–H groups in total. The second-order valence-corrected chi connectivity index (χ2v) is 2.58. The van der Waals surface area contributed by atoms with Gasteiger partial charge < -0.3 is 9.84 Å². The molecule has 2 nitrogen and oxygen atoms in total. The molecule has 2 atom stereocenters. The van der Waals surface area contributed by atoms with Crippen LogP contribution in [0.15, 0.2) is 0 Å². The van der Waals surface area contributed by atoms with E-state index in [1.807, 2.05) is 0 Å². The predicted octanol–water partition coefficient (Wildman–Crippen LogP) is 0.936. The van der Waals surface area contributed by atoms with Crippen molar-refractivity contribution in [2.24, 2.45) is 0 Å². The first-order chi connectivity index (χ1) is 4.33. The zero-order valence-electron chi connectivity index (χ0n) is 5.84. The molecule has 1 fully saturated rings. The first-order valence-electron chi connectivity index (χ1n) is 3.62. The molecule has 1 saturated heterocycles. The highest BCUT2D eigenvalue weighted by Crippen LogP contribution is 2.15. The molecule has 1 aliphatic heterocycles. The Balaban J connectivity index is 2.23. The number of aliphatic hydroxyl groups is 1. The molecule has 1 aliphatic rings. The third kappa shape index (κ3) is 1.95. The standard InChI is InChI=1S/C7H14O2/c1-2-7-5-6(8)3-4-9-7/h6-8H,2-5H2,1H3/t6-,7-/m0/s1. The quantitative estimate of drug-likeness (QED) is 0.572. The molecule has 0 unspecified atom stereocenters. The van der Waals surface area contributed by atoms with Gasteiger partial charge in [-0.15, -0.1) is 0 Å². The van der Waals surface area contributed by atoms with Crippen LogP contribution in [0.25, 0.3) is 0 Å². The van der Waals surface area contributed by atoms with Gasteiger partial charge in [-0.2, -0.15) is 0 Å². The molecule has 1 rings (SSSR count). The average Bonchev–Trinajstić information content (AvgIpc) is 1.88. The summed E-state index contributed by atoms with van der Waals surface area (Å²) in [5.41, 5.74) is 0. The molecule has 0 saturated carbocycles. The van der Waals surface area contributed by atoms with Crippen molar-refractivity contribution >= 4 is 0 Å². The summed E-state index contributed by atoms with van der Waals surface area (Å²) in [4.78, 5) is 0. The van der Waals surface area contributed by atoms with Gasteiger partial charge in [0.2, 0.25) is 0 Å². The summed E-state index contributed by atoms with van der Waals surface area (Å²) in [6.45, 7) is 2.82. The van der Waals surface area contributed by atoms with Gasteiger partial charge in [-0.1, -0.05) is 6.92 Å². The molecule has 0 aromatic rings. The summed E-state index contributed by atoms with van der Waals surface area (Å²) >= 11 is 0. The van der Waals surface area contributed by atoms with Gasteiger partial charge in [-0.05, 0) is 19.3 Å². The summed E-state index contributed by atoms with van der Waals surface area (Å²) in [6.07, 6.45) is 2.88. The Labute approximate surface area is 55.8 Å². The molecule has 0 aromatic carbocycles. The molecule has 2 heteroatoms. The number of aliphatic hydroxyl groups excluding tert-OH is 1. The minimum Gasteiger partial charge on any atom is -0.393 e. The van der Waals surface area contributed by atoms with Gasteiger partial charge in [-0.25, -0.2) is 0 Å². The van der Waals surface area contributed by atoms with Crippen LogP contribution in [-0.4, -0.2) is 23.9 Å². The second-order valence-electron chi connectivity index (χ2n) is 2.58. The van der Waals surface area contributed by atoms with Crippen LogP contribution in [0.2, 0.25) is 0 Å². The van der Waals surface area contributed by atoms with Crippen LogP contribution in [0.1, 0.15) is 26.2 Å². The minimum absolute atomic E-state index is 0.108. The normalized spacial score (nSPS) is 36.7. The van der Waals surface area contributed by atoms with Crippen LogP contribution in [0.3, 0.4) is 0 Å². The van der Waals surface area contributed by atoms with Crippen molar-refractivity contribution in [2.45, 2.75) is 38.4 Å². The van der Waals surface area contributed by atoms with Gasteiger partial charge in [-0.3, -0.25) is 0 Å². The van der Waals surface area contributed by atoms with Crippen molar-refractivity contribution in [3.05, 3.63) is 0 Å². The van der Waals surface area contributed by atoms with Crippen molar-refractivity contribution in [1.29, 1.82) is 0 Å². The van der Waals surface area contributed by atoms with Gasteiger partial charge in [0.05, 0.1) is 12.2 Å². The topological polar surface area (TPSA) is 29.5 Å². The number of hydrogen-bond acceptors (Lipinski definition) is 2. The summed E-state index contributed by atoms with van der Waals surface area (Å²) < 4.78 is 5.34. The van der Waals surface area contributed by atoms with Crippen LogP contribution < -0.4 is 0 Å². The average molecular weight is 130 g/mol.